The van der Waals surface area contributed by atoms with Crippen LogP contribution < -0.4 is 10.6 Å². The van der Waals surface area contributed by atoms with Crippen molar-refractivity contribution in [3.05, 3.63) is 65.7 Å². The monoisotopic (exact) mass is 336 g/mol. The lowest BCUT2D eigenvalue weighted by atomic mass is 9.89. The Morgan fingerprint density at radius 1 is 1.16 bits per heavy atom. The molecule has 0 saturated carbocycles. The van der Waals surface area contributed by atoms with Gasteiger partial charge in [0.25, 0.3) is 0 Å². The quantitative estimate of drug-likeness (QED) is 0.848. The first-order valence-corrected chi connectivity index (χ1v) is 8.84. The number of fused-ring (bicyclic) bond motifs is 1. The van der Waals surface area contributed by atoms with Gasteiger partial charge >= 0.3 is 0 Å². The normalized spacial score (nSPS) is 17.3. The molecule has 2 N–H and O–H groups in total. The molecule has 25 heavy (non-hydrogen) atoms. The fourth-order valence-electron chi connectivity index (χ4n) is 3.21. The molecule has 3 rings (SSSR count). The Morgan fingerprint density at radius 3 is 2.68 bits per heavy atom. The van der Waals surface area contributed by atoms with Crippen LogP contribution in [-0.4, -0.2) is 18.4 Å². The Bertz CT molecular complexity index is 743. The maximum Gasteiger partial charge on any atom is 0.227 e. The Hall–Kier alpha value is -2.62. The maximum atomic E-state index is 12.2. The first-order chi connectivity index (χ1) is 12.1. The van der Waals surface area contributed by atoms with E-state index in [1.165, 1.54) is 5.56 Å². The molecule has 4 nitrogen and oxygen atoms in total. The first-order valence-electron chi connectivity index (χ1n) is 8.84. The number of para-hydroxylation sites is 1. The number of rotatable bonds is 6. The molecule has 0 aromatic heterocycles. The average molecular weight is 336 g/mol. The smallest absolute Gasteiger partial charge is 0.227 e. The van der Waals surface area contributed by atoms with Crippen molar-refractivity contribution in [3.63, 3.8) is 0 Å². The summed E-state index contributed by atoms with van der Waals surface area (Å²) in [5.41, 5.74) is 3.25. The molecule has 0 spiro atoms. The lowest BCUT2D eigenvalue weighted by Gasteiger charge is -2.24. The second-order valence-corrected chi connectivity index (χ2v) is 6.70. The zero-order valence-electron chi connectivity index (χ0n) is 14.5. The van der Waals surface area contributed by atoms with Gasteiger partial charge in [-0.2, -0.15) is 0 Å². The van der Waals surface area contributed by atoms with E-state index in [-0.39, 0.29) is 23.7 Å². The number of amides is 2. The minimum atomic E-state index is -0.132. The highest BCUT2D eigenvalue weighted by molar-refractivity contribution is 5.96. The van der Waals surface area contributed by atoms with Crippen molar-refractivity contribution in [2.24, 2.45) is 5.92 Å². The van der Waals surface area contributed by atoms with E-state index in [1.807, 2.05) is 42.5 Å². The van der Waals surface area contributed by atoms with Crippen molar-refractivity contribution in [2.45, 2.75) is 32.1 Å². The second-order valence-electron chi connectivity index (χ2n) is 6.70. The number of hydrogen-bond donors (Lipinski definition) is 2. The molecule has 0 aliphatic carbocycles. The summed E-state index contributed by atoms with van der Waals surface area (Å²) >= 11 is 0. The van der Waals surface area contributed by atoms with E-state index in [0.29, 0.717) is 25.8 Å². The number of benzene rings is 2. The van der Waals surface area contributed by atoms with Gasteiger partial charge in [0, 0.05) is 24.6 Å². The van der Waals surface area contributed by atoms with E-state index < -0.39 is 0 Å². The predicted octanol–water partition coefficient (Wildman–Crippen LogP) is 3.50. The van der Waals surface area contributed by atoms with E-state index in [4.69, 9.17) is 0 Å². The van der Waals surface area contributed by atoms with Crippen LogP contribution in [0.4, 0.5) is 5.69 Å². The molecular formula is C21H24N2O2. The van der Waals surface area contributed by atoms with Crippen LogP contribution in [0.2, 0.25) is 0 Å². The van der Waals surface area contributed by atoms with Gasteiger partial charge in [-0.25, -0.2) is 0 Å². The number of carbonyl (C=O) groups excluding carboxylic acids is 2. The van der Waals surface area contributed by atoms with E-state index in [0.717, 1.165) is 11.3 Å². The fourth-order valence-corrected chi connectivity index (χ4v) is 3.21. The molecule has 1 heterocycles. The molecule has 2 aromatic carbocycles. The molecule has 4 heteroatoms. The molecule has 2 unspecified atom stereocenters. The van der Waals surface area contributed by atoms with E-state index in [1.54, 1.807) is 0 Å². The van der Waals surface area contributed by atoms with Crippen LogP contribution in [0, 0.1) is 5.92 Å². The fraction of sp³-hybridized carbons (Fsp3) is 0.333. The second kappa shape index (κ2) is 7.97. The molecule has 1 aliphatic rings. The van der Waals surface area contributed by atoms with Gasteiger partial charge in [0.15, 0.2) is 0 Å². The molecular weight excluding hydrogens is 312 g/mol. The molecule has 1 aliphatic heterocycles. The van der Waals surface area contributed by atoms with Crippen molar-refractivity contribution in [2.75, 3.05) is 11.9 Å². The van der Waals surface area contributed by atoms with Gasteiger partial charge in [0.05, 0.1) is 0 Å². The van der Waals surface area contributed by atoms with Crippen molar-refractivity contribution in [1.29, 1.82) is 0 Å². The van der Waals surface area contributed by atoms with Gasteiger partial charge in [0.1, 0.15) is 0 Å². The van der Waals surface area contributed by atoms with Crippen LogP contribution in [0.25, 0.3) is 0 Å². The Labute approximate surface area is 148 Å². The first kappa shape index (κ1) is 17.2. The maximum absolute atomic E-state index is 12.2. The summed E-state index contributed by atoms with van der Waals surface area (Å²) in [5, 5.41) is 5.92. The zero-order valence-corrected chi connectivity index (χ0v) is 14.5. The summed E-state index contributed by atoms with van der Waals surface area (Å²) in [6, 6.07) is 18.0. The van der Waals surface area contributed by atoms with Crippen molar-refractivity contribution < 1.29 is 9.59 Å². The summed E-state index contributed by atoms with van der Waals surface area (Å²) in [7, 11) is 0. The third-order valence-corrected chi connectivity index (χ3v) is 4.81. The molecule has 0 radical (unpaired) electrons. The van der Waals surface area contributed by atoms with Gasteiger partial charge in [-0.3, -0.25) is 9.59 Å². The summed E-state index contributed by atoms with van der Waals surface area (Å²) in [6.07, 6.45) is 1.66. The van der Waals surface area contributed by atoms with Crippen LogP contribution in [0.5, 0.6) is 0 Å². The molecule has 0 fully saturated rings. The summed E-state index contributed by atoms with van der Waals surface area (Å²) in [6.45, 7) is 2.71. The molecule has 2 amide bonds. The standard InChI is InChI=1S/C21H24N2O2/c1-15(16-7-3-2-4-8-16)14-22-20(24)12-11-18-13-17-9-5-6-10-19(17)23-21(18)25/h2-10,15,18H,11-14H2,1H3,(H,22,24)(H,23,25). The third-order valence-electron chi connectivity index (χ3n) is 4.81. The van der Waals surface area contributed by atoms with E-state index in [9.17, 15) is 9.59 Å². The lowest BCUT2D eigenvalue weighted by Crippen LogP contribution is -2.32. The van der Waals surface area contributed by atoms with Crippen LogP contribution >= 0.6 is 0 Å². The summed E-state index contributed by atoms with van der Waals surface area (Å²) < 4.78 is 0. The third kappa shape index (κ3) is 4.47. The van der Waals surface area contributed by atoms with Gasteiger partial charge in [-0.05, 0) is 36.0 Å². The molecule has 0 bridgehead atoms. The number of hydrogen-bond acceptors (Lipinski definition) is 2. The summed E-state index contributed by atoms with van der Waals surface area (Å²) in [4.78, 5) is 24.3. The van der Waals surface area contributed by atoms with Crippen molar-refractivity contribution >= 4 is 17.5 Å². The minimum Gasteiger partial charge on any atom is -0.356 e. The lowest BCUT2D eigenvalue weighted by molar-refractivity contribution is -0.122. The predicted molar refractivity (Wildman–Crippen MR) is 99.4 cm³/mol. The molecule has 2 atom stereocenters. The van der Waals surface area contributed by atoms with Gasteiger partial charge < -0.3 is 10.6 Å². The zero-order chi connectivity index (χ0) is 17.6. The molecule has 2 aromatic rings. The Balaban J connectivity index is 1.46. The van der Waals surface area contributed by atoms with Gasteiger partial charge in [0.2, 0.25) is 11.8 Å². The Kier molecular flexibility index (Phi) is 5.49. The van der Waals surface area contributed by atoms with Crippen molar-refractivity contribution in [1.82, 2.24) is 5.32 Å². The number of anilines is 1. The number of nitrogens with one attached hydrogen (secondary N) is 2. The highest BCUT2D eigenvalue weighted by Gasteiger charge is 2.26. The van der Waals surface area contributed by atoms with E-state index in [2.05, 4.69) is 29.7 Å². The Morgan fingerprint density at radius 2 is 1.88 bits per heavy atom. The van der Waals surface area contributed by atoms with Crippen molar-refractivity contribution in [3.8, 4) is 0 Å². The van der Waals surface area contributed by atoms with Crippen LogP contribution in [0.1, 0.15) is 36.8 Å². The highest BCUT2D eigenvalue weighted by atomic mass is 16.2. The molecule has 0 saturated heterocycles. The number of carbonyl (C=O) groups is 2. The van der Waals surface area contributed by atoms with Gasteiger partial charge in [-0.15, -0.1) is 0 Å². The largest absolute Gasteiger partial charge is 0.356 e. The van der Waals surface area contributed by atoms with Crippen LogP contribution in [-0.2, 0) is 16.0 Å². The topological polar surface area (TPSA) is 58.2 Å². The highest BCUT2D eigenvalue weighted by Crippen LogP contribution is 2.27. The SMILES string of the molecule is CC(CNC(=O)CCC1Cc2ccccc2NC1=O)c1ccccc1. The minimum absolute atomic E-state index is 0.00874. The van der Waals surface area contributed by atoms with E-state index >= 15 is 0 Å². The van der Waals surface area contributed by atoms with Crippen LogP contribution in [0.3, 0.4) is 0 Å². The van der Waals surface area contributed by atoms with Crippen LogP contribution in [0.15, 0.2) is 54.6 Å². The average Bonchev–Trinajstić information content (AvgIpc) is 2.65. The van der Waals surface area contributed by atoms with Gasteiger partial charge in [-0.1, -0.05) is 55.5 Å². The summed E-state index contributed by atoms with van der Waals surface area (Å²) in [5.74, 6) is 0.167. The molecule has 130 valence electrons.